The van der Waals surface area contributed by atoms with Crippen LogP contribution < -0.4 is 5.32 Å². The van der Waals surface area contributed by atoms with Gasteiger partial charge in [-0.05, 0) is 19.8 Å². The standard InChI is InChI=1S/C11H20N2O3/c1-8(14)7-12-11(16)10-3-5-13(6-4-10)9(2)15/h8,10,14H,3-7H2,1-2H3,(H,12,16)/t8-/m1/s1. The van der Waals surface area contributed by atoms with E-state index in [4.69, 9.17) is 5.11 Å². The highest BCUT2D eigenvalue weighted by molar-refractivity contribution is 5.79. The molecule has 0 aromatic carbocycles. The molecule has 0 aromatic heterocycles. The SMILES string of the molecule is CC(=O)N1CCC(C(=O)NC[C@@H](C)O)CC1. The van der Waals surface area contributed by atoms with E-state index in [0.717, 1.165) is 0 Å². The van der Waals surface area contributed by atoms with Gasteiger partial charge < -0.3 is 15.3 Å². The summed E-state index contributed by atoms with van der Waals surface area (Å²) in [5, 5.41) is 11.8. The molecule has 0 radical (unpaired) electrons. The number of hydrogen-bond acceptors (Lipinski definition) is 3. The van der Waals surface area contributed by atoms with Crippen LogP contribution in [0.1, 0.15) is 26.7 Å². The zero-order chi connectivity index (χ0) is 12.1. The molecule has 2 amide bonds. The lowest BCUT2D eigenvalue weighted by atomic mass is 9.96. The summed E-state index contributed by atoms with van der Waals surface area (Å²) in [6.45, 7) is 4.79. The molecule has 2 N–H and O–H groups in total. The third-order valence-corrected chi connectivity index (χ3v) is 2.88. The first kappa shape index (κ1) is 13.0. The van der Waals surface area contributed by atoms with Crippen LogP contribution in [0.3, 0.4) is 0 Å². The summed E-state index contributed by atoms with van der Waals surface area (Å²) >= 11 is 0. The van der Waals surface area contributed by atoms with E-state index in [9.17, 15) is 9.59 Å². The molecule has 0 spiro atoms. The summed E-state index contributed by atoms with van der Waals surface area (Å²) in [4.78, 5) is 24.5. The van der Waals surface area contributed by atoms with Crippen LogP contribution in [0.15, 0.2) is 0 Å². The van der Waals surface area contributed by atoms with Crippen molar-refractivity contribution in [2.24, 2.45) is 5.92 Å². The topological polar surface area (TPSA) is 69.6 Å². The van der Waals surface area contributed by atoms with Crippen LogP contribution in [-0.4, -0.2) is 47.6 Å². The molecule has 5 heteroatoms. The Labute approximate surface area is 95.8 Å². The van der Waals surface area contributed by atoms with E-state index in [1.165, 1.54) is 0 Å². The van der Waals surface area contributed by atoms with Gasteiger partial charge in [0, 0.05) is 32.5 Å². The number of aliphatic hydroxyl groups excluding tert-OH is 1. The zero-order valence-electron chi connectivity index (χ0n) is 9.90. The first-order chi connectivity index (χ1) is 7.50. The second-order valence-corrected chi connectivity index (χ2v) is 4.37. The Kier molecular flexibility index (Phi) is 4.73. The van der Waals surface area contributed by atoms with Crippen molar-refractivity contribution in [1.82, 2.24) is 10.2 Å². The average Bonchev–Trinajstić information content (AvgIpc) is 2.26. The van der Waals surface area contributed by atoms with Gasteiger partial charge in [0.1, 0.15) is 0 Å². The number of carbonyl (C=O) groups is 2. The van der Waals surface area contributed by atoms with Crippen LogP contribution in [0.4, 0.5) is 0 Å². The number of nitrogens with zero attached hydrogens (tertiary/aromatic N) is 1. The van der Waals surface area contributed by atoms with Gasteiger partial charge in [-0.25, -0.2) is 0 Å². The molecule has 92 valence electrons. The number of amides is 2. The van der Waals surface area contributed by atoms with Crippen LogP contribution in [0.25, 0.3) is 0 Å². The van der Waals surface area contributed by atoms with Gasteiger partial charge in [0.2, 0.25) is 11.8 Å². The normalized spacial score (nSPS) is 19.3. The molecule has 1 heterocycles. The number of hydrogen-bond donors (Lipinski definition) is 2. The molecule has 0 aliphatic carbocycles. The summed E-state index contributed by atoms with van der Waals surface area (Å²) in [6.07, 6.45) is 0.914. The second kappa shape index (κ2) is 5.84. The van der Waals surface area contributed by atoms with Crippen LogP contribution >= 0.6 is 0 Å². The van der Waals surface area contributed by atoms with Gasteiger partial charge in [-0.1, -0.05) is 0 Å². The van der Waals surface area contributed by atoms with Crippen molar-refractivity contribution in [3.05, 3.63) is 0 Å². The van der Waals surface area contributed by atoms with Crippen LogP contribution in [0.2, 0.25) is 0 Å². The maximum Gasteiger partial charge on any atom is 0.223 e. The van der Waals surface area contributed by atoms with Gasteiger partial charge in [0.25, 0.3) is 0 Å². The predicted octanol–water partition coefficient (Wildman–Crippen LogP) is -0.258. The molecule has 16 heavy (non-hydrogen) atoms. The monoisotopic (exact) mass is 228 g/mol. The highest BCUT2D eigenvalue weighted by Crippen LogP contribution is 2.17. The fourth-order valence-corrected chi connectivity index (χ4v) is 1.85. The van der Waals surface area contributed by atoms with E-state index < -0.39 is 6.10 Å². The van der Waals surface area contributed by atoms with E-state index in [0.29, 0.717) is 32.5 Å². The van der Waals surface area contributed by atoms with Gasteiger partial charge in [0.15, 0.2) is 0 Å². The molecule has 1 fully saturated rings. The van der Waals surface area contributed by atoms with Crippen molar-refractivity contribution in [2.45, 2.75) is 32.8 Å². The van der Waals surface area contributed by atoms with Gasteiger partial charge in [-0.3, -0.25) is 9.59 Å². The zero-order valence-corrected chi connectivity index (χ0v) is 9.90. The van der Waals surface area contributed by atoms with Crippen molar-refractivity contribution < 1.29 is 14.7 Å². The summed E-state index contributed by atoms with van der Waals surface area (Å²) < 4.78 is 0. The van der Waals surface area contributed by atoms with Crippen molar-refractivity contribution in [1.29, 1.82) is 0 Å². The summed E-state index contributed by atoms with van der Waals surface area (Å²) in [5.74, 6) is 0.0429. The number of piperidine rings is 1. The molecule has 1 aliphatic heterocycles. The number of rotatable bonds is 3. The van der Waals surface area contributed by atoms with E-state index in [2.05, 4.69) is 5.32 Å². The Morgan fingerprint density at radius 1 is 1.44 bits per heavy atom. The molecule has 0 aromatic rings. The summed E-state index contributed by atoms with van der Waals surface area (Å²) in [7, 11) is 0. The third kappa shape index (κ3) is 3.81. The van der Waals surface area contributed by atoms with Gasteiger partial charge in [-0.15, -0.1) is 0 Å². The number of nitrogens with one attached hydrogen (secondary N) is 1. The minimum atomic E-state index is -0.513. The van der Waals surface area contributed by atoms with E-state index in [1.807, 2.05) is 0 Å². The summed E-state index contributed by atoms with van der Waals surface area (Å²) in [5.41, 5.74) is 0. The Morgan fingerprint density at radius 3 is 2.44 bits per heavy atom. The fourth-order valence-electron chi connectivity index (χ4n) is 1.85. The quantitative estimate of drug-likeness (QED) is 0.699. The minimum Gasteiger partial charge on any atom is -0.392 e. The predicted molar refractivity (Wildman–Crippen MR) is 59.7 cm³/mol. The first-order valence-corrected chi connectivity index (χ1v) is 5.72. The molecule has 0 unspecified atom stereocenters. The highest BCUT2D eigenvalue weighted by Gasteiger charge is 2.25. The number of likely N-dealkylation sites (tertiary alicyclic amines) is 1. The fraction of sp³-hybridized carbons (Fsp3) is 0.818. The molecule has 0 saturated carbocycles. The van der Waals surface area contributed by atoms with E-state index in [-0.39, 0.29) is 17.7 Å². The lowest BCUT2D eigenvalue weighted by Crippen LogP contribution is -2.43. The Balaban J connectivity index is 2.30. The molecule has 1 atom stereocenters. The Hall–Kier alpha value is -1.10. The second-order valence-electron chi connectivity index (χ2n) is 4.37. The average molecular weight is 228 g/mol. The number of aliphatic hydroxyl groups is 1. The number of carbonyl (C=O) groups excluding carboxylic acids is 2. The van der Waals surface area contributed by atoms with Crippen molar-refractivity contribution in [3.63, 3.8) is 0 Å². The molecule has 0 bridgehead atoms. The molecular formula is C11H20N2O3. The van der Waals surface area contributed by atoms with Crippen LogP contribution in [0, 0.1) is 5.92 Å². The third-order valence-electron chi connectivity index (χ3n) is 2.88. The molecule has 1 saturated heterocycles. The maximum atomic E-state index is 11.7. The van der Waals surface area contributed by atoms with E-state index in [1.54, 1.807) is 18.7 Å². The van der Waals surface area contributed by atoms with Crippen molar-refractivity contribution >= 4 is 11.8 Å². The first-order valence-electron chi connectivity index (χ1n) is 5.72. The van der Waals surface area contributed by atoms with Crippen molar-refractivity contribution in [2.75, 3.05) is 19.6 Å². The van der Waals surface area contributed by atoms with Crippen LogP contribution in [-0.2, 0) is 9.59 Å². The highest BCUT2D eigenvalue weighted by atomic mass is 16.3. The van der Waals surface area contributed by atoms with Gasteiger partial charge in [-0.2, -0.15) is 0 Å². The Bertz CT molecular complexity index is 258. The smallest absolute Gasteiger partial charge is 0.223 e. The minimum absolute atomic E-state index is 0.0101. The molecular weight excluding hydrogens is 208 g/mol. The summed E-state index contributed by atoms with van der Waals surface area (Å²) in [6, 6.07) is 0. The maximum absolute atomic E-state index is 11.7. The van der Waals surface area contributed by atoms with Crippen molar-refractivity contribution in [3.8, 4) is 0 Å². The molecule has 1 aliphatic rings. The lowest BCUT2D eigenvalue weighted by molar-refractivity contribution is -0.134. The molecule has 5 nitrogen and oxygen atoms in total. The Morgan fingerprint density at radius 2 is 2.00 bits per heavy atom. The largest absolute Gasteiger partial charge is 0.392 e. The van der Waals surface area contributed by atoms with Crippen LogP contribution in [0.5, 0.6) is 0 Å². The lowest BCUT2D eigenvalue weighted by Gasteiger charge is -2.30. The van der Waals surface area contributed by atoms with E-state index >= 15 is 0 Å². The van der Waals surface area contributed by atoms with Gasteiger partial charge >= 0.3 is 0 Å². The molecule has 1 rings (SSSR count). The van der Waals surface area contributed by atoms with Gasteiger partial charge in [0.05, 0.1) is 6.10 Å².